The molecule has 0 spiro atoms. The van der Waals surface area contributed by atoms with Crippen molar-refractivity contribution in [3.8, 4) is 5.69 Å². The van der Waals surface area contributed by atoms with Crippen LogP contribution in [0.4, 0.5) is 9.18 Å². The third-order valence-corrected chi connectivity index (χ3v) is 6.35. The van der Waals surface area contributed by atoms with Crippen molar-refractivity contribution in [2.45, 2.75) is 25.4 Å². The lowest BCUT2D eigenvalue weighted by molar-refractivity contribution is 0.0858. The number of nitrogens with zero attached hydrogens (tertiary/aromatic N) is 3. The van der Waals surface area contributed by atoms with Gasteiger partial charge in [-0.2, -0.15) is 5.10 Å². The number of hydrogen-bond donors (Lipinski definition) is 1. The van der Waals surface area contributed by atoms with Gasteiger partial charge >= 0.3 is 6.09 Å². The number of halogens is 1. The maximum Gasteiger partial charge on any atom is 0.410 e. The second-order valence-electron chi connectivity index (χ2n) is 8.75. The number of piperidine rings is 1. The minimum absolute atomic E-state index is 0.0526. The molecule has 7 nitrogen and oxygen atoms in total. The molecule has 35 heavy (non-hydrogen) atoms. The number of hydrogen-bond acceptors (Lipinski definition) is 4. The first kappa shape index (κ1) is 22.6. The molecule has 1 unspecified atom stereocenters. The molecule has 1 aromatic heterocycles. The summed E-state index contributed by atoms with van der Waals surface area (Å²) in [6, 6.07) is 19.9. The van der Waals surface area contributed by atoms with E-state index in [1.807, 2.05) is 54.6 Å². The number of amides is 2. The van der Waals surface area contributed by atoms with E-state index in [9.17, 15) is 14.0 Å². The van der Waals surface area contributed by atoms with Gasteiger partial charge in [-0.25, -0.2) is 13.9 Å². The number of ether oxygens (including phenoxy) is 1. The third kappa shape index (κ3) is 4.87. The number of rotatable bonds is 5. The van der Waals surface area contributed by atoms with Gasteiger partial charge < -0.3 is 15.4 Å². The summed E-state index contributed by atoms with van der Waals surface area (Å²) < 4.78 is 21.0. The number of likely N-dealkylation sites (tertiary alicyclic amines) is 1. The molecule has 1 aliphatic heterocycles. The van der Waals surface area contributed by atoms with Gasteiger partial charge in [0.1, 0.15) is 17.9 Å². The monoisotopic (exact) mass is 472 g/mol. The Kier molecular flexibility index (Phi) is 6.18. The molecule has 1 atom stereocenters. The van der Waals surface area contributed by atoms with Crippen LogP contribution in [-0.2, 0) is 11.3 Å². The van der Waals surface area contributed by atoms with Crippen LogP contribution in [0.25, 0.3) is 16.6 Å². The Morgan fingerprint density at radius 2 is 1.86 bits per heavy atom. The Balaban J connectivity index is 1.28. The van der Waals surface area contributed by atoms with E-state index in [4.69, 9.17) is 10.5 Å². The van der Waals surface area contributed by atoms with E-state index in [0.717, 1.165) is 35.7 Å². The van der Waals surface area contributed by atoms with E-state index in [0.29, 0.717) is 24.0 Å². The zero-order valence-electron chi connectivity index (χ0n) is 19.1. The summed E-state index contributed by atoms with van der Waals surface area (Å²) in [5, 5.41) is 4.95. The van der Waals surface area contributed by atoms with Gasteiger partial charge in [-0.15, -0.1) is 0 Å². The van der Waals surface area contributed by atoms with Gasteiger partial charge in [-0.05, 0) is 48.2 Å². The van der Waals surface area contributed by atoms with Crippen molar-refractivity contribution < 1.29 is 18.7 Å². The Hall–Kier alpha value is -4.20. The van der Waals surface area contributed by atoms with Gasteiger partial charge in [0.2, 0.25) is 0 Å². The van der Waals surface area contributed by atoms with Crippen LogP contribution in [0.2, 0.25) is 0 Å². The predicted molar refractivity (Wildman–Crippen MR) is 130 cm³/mol. The normalized spacial score (nSPS) is 15.8. The highest BCUT2D eigenvalue weighted by molar-refractivity contribution is 6.04. The molecule has 8 heteroatoms. The highest BCUT2D eigenvalue weighted by Crippen LogP contribution is 2.29. The van der Waals surface area contributed by atoms with Crippen LogP contribution in [0.1, 0.15) is 40.2 Å². The summed E-state index contributed by atoms with van der Waals surface area (Å²) in [5.41, 5.74) is 8.66. The van der Waals surface area contributed by atoms with Crippen LogP contribution >= 0.6 is 0 Å². The number of fused-ring (bicyclic) bond motifs is 1. The quantitative estimate of drug-likeness (QED) is 0.453. The fourth-order valence-electron chi connectivity index (χ4n) is 4.54. The minimum atomic E-state index is -0.723. The van der Waals surface area contributed by atoms with Gasteiger partial charge in [-0.1, -0.05) is 42.5 Å². The van der Waals surface area contributed by atoms with E-state index in [1.54, 1.807) is 15.8 Å². The summed E-state index contributed by atoms with van der Waals surface area (Å²) in [5.74, 6) is -1.06. The van der Waals surface area contributed by atoms with Crippen LogP contribution in [0.15, 0.2) is 72.9 Å². The Bertz CT molecular complexity index is 1370. The Morgan fingerprint density at radius 1 is 1.09 bits per heavy atom. The molecular formula is C27H25FN4O3. The summed E-state index contributed by atoms with van der Waals surface area (Å²) in [4.78, 5) is 26.1. The van der Waals surface area contributed by atoms with Crippen molar-refractivity contribution >= 4 is 22.9 Å². The molecule has 178 valence electrons. The minimum Gasteiger partial charge on any atom is -0.445 e. The fourth-order valence-corrected chi connectivity index (χ4v) is 4.54. The molecule has 0 saturated carbocycles. The first-order chi connectivity index (χ1) is 17.0. The molecule has 1 saturated heterocycles. The SMILES string of the molecule is NC(=O)c1cc(F)cc2cn(-c3ccc(C4CCCN(C(=O)OCc5ccccc5)C4)cc3)nc12. The molecule has 0 bridgehead atoms. The highest BCUT2D eigenvalue weighted by Gasteiger charge is 2.26. The smallest absolute Gasteiger partial charge is 0.410 e. The van der Waals surface area contributed by atoms with E-state index in [2.05, 4.69) is 5.10 Å². The van der Waals surface area contributed by atoms with Crippen LogP contribution < -0.4 is 5.73 Å². The molecule has 2 amide bonds. The molecule has 3 aromatic carbocycles. The summed E-state index contributed by atoms with van der Waals surface area (Å²) in [6.45, 7) is 1.54. The topological polar surface area (TPSA) is 90.5 Å². The lowest BCUT2D eigenvalue weighted by atomic mass is 9.91. The Labute approximate surface area is 201 Å². The van der Waals surface area contributed by atoms with Crippen LogP contribution in [-0.4, -0.2) is 39.8 Å². The van der Waals surface area contributed by atoms with Crippen molar-refractivity contribution in [3.05, 3.63) is 95.4 Å². The summed E-state index contributed by atoms with van der Waals surface area (Å²) >= 11 is 0. The molecule has 2 heterocycles. The van der Waals surface area contributed by atoms with Gasteiger partial charge in [0, 0.05) is 30.6 Å². The average molecular weight is 473 g/mol. The largest absolute Gasteiger partial charge is 0.445 e. The van der Waals surface area contributed by atoms with Gasteiger partial charge in [0.25, 0.3) is 5.91 Å². The maximum absolute atomic E-state index is 13.9. The number of benzene rings is 3. The van der Waals surface area contributed by atoms with Crippen molar-refractivity contribution in [1.29, 1.82) is 0 Å². The van der Waals surface area contributed by atoms with Crippen LogP contribution in [0.5, 0.6) is 0 Å². The number of aromatic nitrogens is 2. The molecule has 2 N–H and O–H groups in total. The molecule has 4 aromatic rings. The molecule has 5 rings (SSSR count). The average Bonchev–Trinajstić information content (AvgIpc) is 3.31. The molecular weight excluding hydrogens is 447 g/mol. The van der Waals surface area contributed by atoms with Crippen molar-refractivity contribution in [2.24, 2.45) is 5.73 Å². The zero-order chi connectivity index (χ0) is 24.4. The van der Waals surface area contributed by atoms with E-state index in [-0.39, 0.29) is 24.2 Å². The number of nitrogens with two attached hydrogens (primary N) is 1. The first-order valence-corrected chi connectivity index (χ1v) is 11.5. The molecule has 0 radical (unpaired) electrons. The number of primary amides is 1. The van der Waals surface area contributed by atoms with Crippen LogP contribution in [0, 0.1) is 5.82 Å². The standard InChI is InChI=1S/C27H25FN4O3/c28-22-13-21-16-32(30-25(21)24(14-22)26(29)33)23-10-8-19(9-11-23)20-7-4-12-31(15-20)27(34)35-17-18-5-2-1-3-6-18/h1-3,5-6,8-11,13-14,16,20H,4,7,12,15,17H2,(H2,29,33). The van der Waals surface area contributed by atoms with Gasteiger partial charge in [-0.3, -0.25) is 4.79 Å². The highest BCUT2D eigenvalue weighted by atomic mass is 19.1. The predicted octanol–water partition coefficient (Wildman–Crippen LogP) is 4.78. The summed E-state index contributed by atoms with van der Waals surface area (Å²) in [7, 11) is 0. The molecule has 0 aliphatic carbocycles. The first-order valence-electron chi connectivity index (χ1n) is 11.5. The van der Waals surface area contributed by atoms with E-state index in [1.165, 1.54) is 6.07 Å². The number of carbonyl (C=O) groups excluding carboxylic acids is 2. The molecule has 1 aliphatic rings. The number of carbonyl (C=O) groups is 2. The van der Waals surface area contributed by atoms with Crippen LogP contribution in [0.3, 0.4) is 0 Å². The molecule has 1 fully saturated rings. The zero-order valence-corrected chi connectivity index (χ0v) is 19.1. The van der Waals surface area contributed by atoms with Crippen molar-refractivity contribution in [1.82, 2.24) is 14.7 Å². The second kappa shape index (κ2) is 9.58. The van der Waals surface area contributed by atoms with Crippen molar-refractivity contribution in [3.63, 3.8) is 0 Å². The second-order valence-corrected chi connectivity index (χ2v) is 8.75. The fraction of sp³-hybridized carbons (Fsp3) is 0.222. The van der Waals surface area contributed by atoms with E-state index >= 15 is 0 Å². The van der Waals surface area contributed by atoms with Gasteiger partial charge in [0.05, 0.1) is 11.3 Å². The lowest BCUT2D eigenvalue weighted by Gasteiger charge is -2.32. The van der Waals surface area contributed by atoms with Crippen molar-refractivity contribution in [2.75, 3.05) is 13.1 Å². The Morgan fingerprint density at radius 3 is 2.60 bits per heavy atom. The lowest BCUT2D eigenvalue weighted by Crippen LogP contribution is -2.39. The third-order valence-electron chi connectivity index (χ3n) is 6.35. The maximum atomic E-state index is 13.9. The summed E-state index contributed by atoms with van der Waals surface area (Å²) in [6.07, 6.45) is 3.26. The van der Waals surface area contributed by atoms with Gasteiger partial charge in [0.15, 0.2) is 0 Å². The van der Waals surface area contributed by atoms with E-state index < -0.39 is 11.7 Å².